The van der Waals surface area contributed by atoms with Crippen molar-refractivity contribution in [2.24, 2.45) is 17.6 Å². The Morgan fingerprint density at radius 3 is 2.79 bits per heavy atom. The normalized spacial score (nSPS) is 13.8. The highest BCUT2D eigenvalue weighted by molar-refractivity contribution is 5.67. The molecule has 4 nitrogen and oxygen atoms in total. The summed E-state index contributed by atoms with van der Waals surface area (Å²) in [7, 11) is 1.65. The van der Waals surface area contributed by atoms with Gasteiger partial charge < -0.3 is 15.6 Å². The maximum Gasteiger partial charge on any atom is 0.303 e. The number of methoxy groups -OCH3 is 1. The van der Waals surface area contributed by atoms with Crippen LogP contribution in [0.25, 0.3) is 0 Å². The molecule has 0 aromatic heterocycles. The first-order valence-electron chi connectivity index (χ1n) is 6.60. The summed E-state index contributed by atoms with van der Waals surface area (Å²) in [6, 6.07) is 7.97. The Morgan fingerprint density at radius 2 is 2.21 bits per heavy atom. The Balaban J connectivity index is 2.53. The molecule has 0 aliphatic rings. The van der Waals surface area contributed by atoms with Gasteiger partial charge in [0.2, 0.25) is 0 Å². The zero-order chi connectivity index (χ0) is 14.3. The van der Waals surface area contributed by atoms with E-state index in [1.54, 1.807) is 7.11 Å². The topological polar surface area (TPSA) is 72.5 Å². The van der Waals surface area contributed by atoms with Crippen molar-refractivity contribution >= 4 is 5.97 Å². The molecule has 4 heteroatoms. The standard InChI is InChI=1S/C15H23NO3/c1-11(7-13(10-16)9-15(17)18)6-12-4-3-5-14(8-12)19-2/h3-5,8,11,13H,6-7,9-10,16H2,1-2H3,(H,17,18)/t11-,13+/m1/s1. The summed E-state index contributed by atoms with van der Waals surface area (Å²) < 4.78 is 5.19. The van der Waals surface area contributed by atoms with Gasteiger partial charge in [0.25, 0.3) is 0 Å². The van der Waals surface area contributed by atoms with E-state index in [4.69, 9.17) is 15.6 Å². The molecule has 19 heavy (non-hydrogen) atoms. The first-order chi connectivity index (χ1) is 9.05. The molecule has 0 radical (unpaired) electrons. The van der Waals surface area contributed by atoms with Gasteiger partial charge in [-0.1, -0.05) is 19.1 Å². The average Bonchev–Trinajstić information content (AvgIpc) is 2.37. The van der Waals surface area contributed by atoms with Gasteiger partial charge in [-0.25, -0.2) is 0 Å². The van der Waals surface area contributed by atoms with Crippen molar-refractivity contribution in [3.63, 3.8) is 0 Å². The van der Waals surface area contributed by atoms with Crippen LogP contribution in [0.1, 0.15) is 25.3 Å². The minimum atomic E-state index is -0.774. The predicted octanol–water partition coefficient (Wildman–Crippen LogP) is 2.31. The van der Waals surface area contributed by atoms with E-state index in [2.05, 4.69) is 13.0 Å². The summed E-state index contributed by atoms with van der Waals surface area (Å²) in [5, 5.41) is 8.81. The van der Waals surface area contributed by atoms with Crippen LogP contribution >= 0.6 is 0 Å². The van der Waals surface area contributed by atoms with Crippen molar-refractivity contribution in [3.8, 4) is 5.75 Å². The second-order valence-corrected chi connectivity index (χ2v) is 5.10. The van der Waals surface area contributed by atoms with Gasteiger partial charge in [0, 0.05) is 6.42 Å². The molecule has 3 N–H and O–H groups in total. The van der Waals surface area contributed by atoms with E-state index in [1.807, 2.05) is 18.2 Å². The van der Waals surface area contributed by atoms with E-state index in [1.165, 1.54) is 5.56 Å². The second-order valence-electron chi connectivity index (χ2n) is 5.10. The fourth-order valence-electron chi connectivity index (χ4n) is 2.36. The van der Waals surface area contributed by atoms with Crippen molar-refractivity contribution in [2.45, 2.75) is 26.2 Å². The highest BCUT2D eigenvalue weighted by Crippen LogP contribution is 2.21. The zero-order valence-corrected chi connectivity index (χ0v) is 11.6. The van der Waals surface area contributed by atoms with Crippen LogP contribution in [0.4, 0.5) is 0 Å². The fourth-order valence-corrected chi connectivity index (χ4v) is 2.36. The first kappa shape index (κ1) is 15.5. The molecular formula is C15H23NO3. The smallest absolute Gasteiger partial charge is 0.303 e. The van der Waals surface area contributed by atoms with Crippen LogP contribution in [0.3, 0.4) is 0 Å². The highest BCUT2D eigenvalue weighted by atomic mass is 16.5. The van der Waals surface area contributed by atoms with Crippen LogP contribution in [0.15, 0.2) is 24.3 Å². The van der Waals surface area contributed by atoms with Crippen LogP contribution in [-0.4, -0.2) is 24.7 Å². The lowest BCUT2D eigenvalue weighted by Crippen LogP contribution is -2.21. The number of hydrogen-bond acceptors (Lipinski definition) is 3. The number of carboxylic acid groups (broad SMARTS) is 1. The van der Waals surface area contributed by atoms with Gasteiger partial charge in [0.15, 0.2) is 0 Å². The van der Waals surface area contributed by atoms with Gasteiger partial charge >= 0.3 is 5.97 Å². The SMILES string of the molecule is COc1cccc(C[C@@H](C)C[C@H](CN)CC(=O)O)c1. The third kappa shape index (κ3) is 5.75. The predicted molar refractivity (Wildman–Crippen MR) is 75.3 cm³/mol. The lowest BCUT2D eigenvalue weighted by atomic mass is 9.89. The quantitative estimate of drug-likeness (QED) is 0.756. The molecule has 1 rings (SSSR count). The Hall–Kier alpha value is -1.55. The summed E-state index contributed by atoms with van der Waals surface area (Å²) >= 11 is 0. The lowest BCUT2D eigenvalue weighted by Gasteiger charge is -2.18. The van der Waals surface area contributed by atoms with Crippen LogP contribution in [0.2, 0.25) is 0 Å². The molecule has 1 aromatic rings. The van der Waals surface area contributed by atoms with Gasteiger partial charge in [-0.2, -0.15) is 0 Å². The number of aliphatic carboxylic acids is 1. The molecule has 0 aliphatic carbocycles. The summed E-state index contributed by atoms with van der Waals surface area (Å²) in [4.78, 5) is 10.7. The molecule has 0 unspecified atom stereocenters. The third-order valence-electron chi connectivity index (χ3n) is 3.25. The molecule has 0 heterocycles. The summed E-state index contributed by atoms with van der Waals surface area (Å²) in [6.45, 7) is 2.55. The van der Waals surface area contributed by atoms with E-state index < -0.39 is 5.97 Å². The fraction of sp³-hybridized carbons (Fsp3) is 0.533. The number of rotatable bonds is 8. The molecule has 0 bridgehead atoms. The number of nitrogens with two attached hydrogens (primary N) is 1. The van der Waals surface area contributed by atoms with Gasteiger partial charge in [-0.15, -0.1) is 0 Å². The lowest BCUT2D eigenvalue weighted by molar-refractivity contribution is -0.138. The van der Waals surface area contributed by atoms with E-state index in [-0.39, 0.29) is 12.3 Å². The molecule has 0 spiro atoms. The third-order valence-corrected chi connectivity index (χ3v) is 3.25. The van der Waals surface area contributed by atoms with E-state index in [0.717, 1.165) is 18.6 Å². The van der Waals surface area contributed by atoms with Crippen molar-refractivity contribution in [1.82, 2.24) is 0 Å². The molecule has 0 saturated carbocycles. The van der Waals surface area contributed by atoms with Crippen molar-refractivity contribution < 1.29 is 14.6 Å². The molecule has 0 fully saturated rings. The minimum absolute atomic E-state index is 0.0538. The van der Waals surface area contributed by atoms with Crippen LogP contribution in [-0.2, 0) is 11.2 Å². The van der Waals surface area contributed by atoms with Crippen molar-refractivity contribution in [2.75, 3.05) is 13.7 Å². The second kappa shape index (κ2) is 7.79. The minimum Gasteiger partial charge on any atom is -0.497 e. The van der Waals surface area contributed by atoms with Gasteiger partial charge in [0.05, 0.1) is 7.11 Å². The summed E-state index contributed by atoms with van der Waals surface area (Å²) in [6.07, 6.45) is 1.90. The largest absolute Gasteiger partial charge is 0.497 e. The van der Waals surface area contributed by atoms with Gasteiger partial charge in [0.1, 0.15) is 5.75 Å². The van der Waals surface area contributed by atoms with Crippen LogP contribution in [0.5, 0.6) is 5.75 Å². The highest BCUT2D eigenvalue weighted by Gasteiger charge is 2.15. The average molecular weight is 265 g/mol. The van der Waals surface area contributed by atoms with E-state index in [0.29, 0.717) is 12.5 Å². The number of ether oxygens (including phenoxy) is 1. The summed E-state index contributed by atoms with van der Waals surface area (Å²) in [5.41, 5.74) is 6.83. The molecule has 1 aromatic carbocycles. The Labute approximate surface area is 114 Å². The monoisotopic (exact) mass is 265 g/mol. The molecule has 0 amide bonds. The Morgan fingerprint density at radius 1 is 1.47 bits per heavy atom. The maximum absolute atomic E-state index is 10.7. The number of benzene rings is 1. The van der Waals surface area contributed by atoms with Crippen molar-refractivity contribution in [3.05, 3.63) is 29.8 Å². The summed E-state index contributed by atoms with van der Waals surface area (Å²) in [5.74, 6) is 0.535. The van der Waals surface area contributed by atoms with Gasteiger partial charge in [-0.3, -0.25) is 4.79 Å². The van der Waals surface area contributed by atoms with E-state index in [9.17, 15) is 4.79 Å². The van der Waals surface area contributed by atoms with Crippen molar-refractivity contribution in [1.29, 1.82) is 0 Å². The Kier molecular flexibility index (Phi) is 6.36. The zero-order valence-electron chi connectivity index (χ0n) is 11.6. The molecule has 2 atom stereocenters. The molecule has 0 saturated heterocycles. The van der Waals surface area contributed by atoms with E-state index >= 15 is 0 Å². The Bertz CT molecular complexity index is 406. The number of carbonyl (C=O) groups is 1. The van der Waals surface area contributed by atoms with Crippen LogP contribution in [0, 0.1) is 11.8 Å². The van der Waals surface area contributed by atoms with Gasteiger partial charge in [-0.05, 0) is 48.9 Å². The molecule has 0 aliphatic heterocycles. The number of hydrogen-bond donors (Lipinski definition) is 2. The molecular weight excluding hydrogens is 242 g/mol. The van der Waals surface area contributed by atoms with Crippen LogP contribution < -0.4 is 10.5 Å². The number of carboxylic acids is 1. The first-order valence-corrected chi connectivity index (χ1v) is 6.60. The maximum atomic E-state index is 10.7. The molecule has 106 valence electrons.